The molecule has 2 N–H and O–H groups in total. The van der Waals surface area contributed by atoms with E-state index in [1.54, 1.807) is 43.4 Å². The van der Waals surface area contributed by atoms with Crippen molar-refractivity contribution >= 4 is 28.7 Å². The van der Waals surface area contributed by atoms with E-state index in [0.717, 1.165) is 11.8 Å². The second kappa shape index (κ2) is 21.3. The van der Waals surface area contributed by atoms with E-state index in [1.165, 1.54) is 13.0 Å². The van der Waals surface area contributed by atoms with Gasteiger partial charge < -0.3 is 30.0 Å². The quantitative estimate of drug-likeness (QED) is 0.0732. The maximum atomic E-state index is 12.1. The van der Waals surface area contributed by atoms with Gasteiger partial charge in [-0.3, -0.25) is 14.9 Å². The van der Waals surface area contributed by atoms with Gasteiger partial charge in [0, 0.05) is 31.8 Å². The fraction of sp³-hybridized carbons (Fsp3) is 0.345. The number of alkyl carbamates (subject to hydrolysis) is 1. The summed E-state index contributed by atoms with van der Waals surface area (Å²) in [5.41, 5.74) is 1.40. The Morgan fingerprint density at radius 2 is 1.64 bits per heavy atom. The van der Waals surface area contributed by atoms with Gasteiger partial charge in [-0.1, -0.05) is 42.1 Å². The third-order valence-electron chi connectivity index (χ3n) is 5.35. The van der Waals surface area contributed by atoms with Crippen molar-refractivity contribution in [1.29, 1.82) is 0 Å². The Morgan fingerprint density at radius 1 is 1.02 bits per heavy atom. The van der Waals surface area contributed by atoms with Crippen molar-refractivity contribution < 1.29 is 50.9 Å². The van der Waals surface area contributed by atoms with Crippen LogP contribution in [0.3, 0.4) is 0 Å². The van der Waals surface area contributed by atoms with E-state index in [9.17, 15) is 24.8 Å². The molecule has 0 radical (unpaired) electrons. The molecule has 1 aliphatic rings. The van der Waals surface area contributed by atoms with E-state index in [0.29, 0.717) is 43.3 Å². The molecule has 0 fully saturated rings. The molecule has 0 aromatic heterocycles. The molecule has 0 saturated heterocycles. The first kappa shape index (κ1) is 36.5. The van der Waals surface area contributed by atoms with Crippen LogP contribution < -0.4 is 15.7 Å². The minimum atomic E-state index is -0.874. The molecule has 11 nitrogen and oxygen atoms in total. The first-order valence-electron chi connectivity index (χ1n) is 12.9. The minimum absolute atomic E-state index is 0. The van der Waals surface area contributed by atoms with Gasteiger partial charge in [-0.05, 0) is 30.0 Å². The van der Waals surface area contributed by atoms with Gasteiger partial charge in [0.1, 0.15) is 6.10 Å². The van der Waals surface area contributed by atoms with Gasteiger partial charge in [-0.15, -0.1) is 0 Å². The zero-order chi connectivity index (χ0) is 29.9. The summed E-state index contributed by atoms with van der Waals surface area (Å²) < 4.78 is 16.0. The zero-order valence-corrected chi connectivity index (χ0v) is 25.4. The van der Waals surface area contributed by atoms with E-state index >= 15 is 0 Å². The smallest absolute Gasteiger partial charge is 0.860 e. The van der Waals surface area contributed by atoms with Crippen molar-refractivity contribution in [2.24, 2.45) is 0 Å². The summed E-state index contributed by atoms with van der Waals surface area (Å²) in [6.45, 7) is 4.75. The summed E-state index contributed by atoms with van der Waals surface area (Å²) in [7, 11) is 0. The van der Waals surface area contributed by atoms with Crippen molar-refractivity contribution in [2.75, 3.05) is 39.5 Å². The van der Waals surface area contributed by atoms with Gasteiger partial charge in [0.2, 0.25) is 0 Å². The standard InChI is InChI=1S/C24H31N3O8S.C5H5.Fe/c1-17(21-15-19(16-36-18(2)28)7-8-22(21)27(31)32)35-24(30)26-10-12-34-14-13-33-11-9-25-23(29)20-5-3-4-6-20;1-2-4-5-3-1;/h3-8,15,17,25,29H,9-14,16H2,1-2H3,(H,26,30);1-5H;/q;-1;+2/p-1. The number of benzene rings is 1. The second-order valence-electron chi connectivity index (χ2n) is 8.52. The summed E-state index contributed by atoms with van der Waals surface area (Å²) in [6, 6.07) is 14.5. The number of thioether (sulfide) groups is 1. The number of ether oxygens (including phenoxy) is 3. The molecule has 1 unspecified atom stereocenters. The first-order chi connectivity index (χ1) is 19.8. The molecule has 1 aliphatic carbocycles. The molecule has 1 amide bonds. The number of amides is 1. The van der Waals surface area contributed by atoms with Gasteiger partial charge in [-0.2, -0.15) is 18.2 Å². The summed E-state index contributed by atoms with van der Waals surface area (Å²) in [6.07, 6.45) is 5.44. The molecule has 3 rings (SSSR count). The Bertz CT molecular complexity index is 1170. The van der Waals surface area contributed by atoms with Crippen LogP contribution in [0.1, 0.15) is 31.1 Å². The number of nitro benzene ring substituents is 1. The SMILES string of the molecule is CC(=O)SCc1ccc([N+](=O)[O-])c(C(C)OC(=O)NCCOCCOCCNC([O-])=C2C=CC=C2)c1.[Fe+2].c1cc[cH-]c1. The minimum Gasteiger partial charge on any atom is -0.860 e. The van der Waals surface area contributed by atoms with E-state index < -0.39 is 17.1 Å². The number of allylic oxidation sites excluding steroid dienone is 5. The number of rotatable bonds is 15. The maximum absolute atomic E-state index is 12.1. The monoisotopic (exact) mass is 641 g/mol. The summed E-state index contributed by atoms with van der Waals surface area (Å²) >= 11 is 1.09. The van der Waals surface area contributed by atoms with E-state index in [-0.39, 0.29) is 52.5 Å². The summed E-state index contributed by atoms with van der Waals surface area (Å²) in [4.78, 5) is 34.1. The van der Waals surface area contributed by atoms with Crippen molar-refractivity contribution in [3.8, 4) is 0 Å². The van der Waals surface area contributed by atoms with Crippen LogP contribution in [-0.4, -0.2) is 55.6 Å². The van der Waals surface area contributed by atoms with Crippen LogP contribution in [-0.2, 0) is 41.8 Å². The Kier molecular flexibility index (Phi) is 18.5. The number of carbonyl (C=O) groups is 2. The number of carbonyl (C=O) groups excluding carboxylic acids is 2. The third-order valence-corrected chi connectivity index (χ3v) is 6.24. The van der Waals surface area contributed by atoms with E-state index in [1.807, 2.05) is 30.3 Å². The molecule has 228 valence electrons. The molecular weight excluding hydrogens is 606 g/mol. The Labute approximate surface area is 260 Å². The largest absolute Gasteiger partial charge is 2.00 e. The molecule has 0 spiro atoms. The topological polar surface area (TPSA) is 152 Å². The Balaban J connectivity index is 0.00000132. The average Bonchev–Trinajstić information content (AvgIpc) is 3.70. The number of nitrogens with one attached hydrogen (secondary N) is 2. The van der Waals surface area contributed by atoms with Gasteiger partial charge in [0.15, 0.2) is 5.12 Å². The number of nitrogens with zero attached hydrogens (tertiary/aromatic N) is 1. The molecule has 0 heterocycles. The van der Waals surface area contributed by atoms with Crippen molar-refractivity contribution in [3.63, 3.8) is 0 Å². The van der Waals surface area contributed by atoms with E-state index in [4.69, 9.17) is 14.2 Å². The molecule has 0 aliphatic heterocycles. The molecule has 1 atom stereocenters. The summed E-state index contributed by atoms with van der Waals surface area (Å²) in [5, 5.41) is 28.3. The Morgan fingerprint density at radius 3 is 2.19 bits per heavy atom. The molecule has 42 heavy (non-hydrogen) atoms. The van der Waals surface area contributed by atoms with Gasteiger partial charge in [0.05, 0.1) is 36.9 Å². The molecular formula is C29H35FeN3O8S. The van der Waals surface area contributed by atoms with Crippen LogP contribution in [0.25, 0.3) is 0 Å². The zero-order valence-electron chi connectivity index (χ0n) is 23.4. The fourth-order valence-corrected chi connectivity index (χ4v) is 3.92. The van der Waals surface area contributed by atoms with E-state index in [2.05, 4.69) is 10.6 Å². The predicted octanol–water partition coefficient (Wildman–Crippen LogP) is 3.89. The fourth-order valence-electron chi connectivity index (χ4n) is 3.37. The molecule has 2 aromatic carbocycles. The van der Waals surface area contributed by atoms with Crippen LogP contribution in [0, 0.1) is 10.1 Å². The van der Waals surface area contributed by atoms with Crippen LogP contribution >= 0.6 is 11.8 Å². The van der Waals surface area contributed by atoms with Gasteiger partial charge >= 0.3 is 23.2 Å². The normalized spacial score (nSPS) is 12.0. The van der Waals surface area contributed by atoms with Crippen LogP contribution in [0.15, 0.2) is 84.3 Å². The van der Waals surface area contributed by atoms with Crippen LogP contribution in [0.4, 0.5) is 10.5 Å². The van der Waals surface area contributed by atoms with Crippen molar-refractivity contribution in [1.82, 2.24) is 10.6 Å². The third kappa shape index (κ3) is 14.9. The number of hydrogen-bond acceptors (Lipinski definition) is 10. The molecule has 0 saturated carbocycles. The molecule has 13 heteroatoms. The number of hydrogen-bond donors (Lipinski definition) is 2. The first-order valence-corrected chi connectivity index (χ1v) is 13.9. The van der Waals surface area contributed by atoms with Crippen molar-refractivity contribution in [3.05, 3.63) is 106 Å². The molecule has 2 aromatic rings. The predicted molar refractivity (Wildman–Crippen MR) is 155 cm³/mol. The summed E-state index contributed by atoms with van der Waals surface area (Å²) in [5.74, 6) is 0.213. The van der Waals surface area contributed by atoms with Gasteiger partial charge in [0.25, 0.3) is 5.69 Å². The average molecular weight is 642 g/mol. The van der Waals surface area contributed by atoms with Gasteiger partial charge in [-0.25, -0.2) is 16.9 Å². The number of nitro groups is 1. The second-order valence-corrected chi connectivity index (χ2v) is 9.67. The van der Waals surface area contributed by atoms with Crippen LogP contribution in [0.2, 0.25) is 0 Å². The Hall–Kier alpha value is -3.48. The molecule has 0 bridgehead atoms. The van der Waals surface area contributed by atoms with Crippen molar-refractivity contribution in [2.45, 2.75) is 25.7 Å². The van der Waals surface area contributed by atoms with Crippen LogP contribution in [0.5, 0.6) is 0 Å². The maximum Gasteiger partial charge on any atom is 2.00 e.